The molecule has 0 saturated heterocycles. The van der Waals surface area contributed by atoms with Crippen molar-refractivity contribution in [3.63, 3.8) is 0 Å². The lowest BCUT2D eigenvalue weighted by Crippen LogP contribution is -2.48. The summed E-state index contributed by atoms with van der Waals surface area (Å²) in [5.41, 5.74) is 2.49. The Labute approximate surface area is 208 Å². The lowest BCUT2D eigenvalue weighted by Gasteiger charge is -2.30. The molecule has 0 bridgehead atoms. The van der Waals surface area contributed by atoms with Gasteiger partial charge in [-0.15, -0.1) is 0 Å². The third kappa shape index (κ3) is 8.02. The second-order valence-electron chi connectivity index (χ2n) is 8.33. The second kappa shape index (κ2) is 12.8. The van der Waals surface area contributed by atoms with Gasteiger partial charge in [0.15, 0.2) is 0 Å². The average molecular weight is 508 g/mol. The van der Waals surface area contributed by atoms with Crippen LogP contribution in [0.15, 0.2) is 48.5 Å². The summed E-state index contributed by atoms with van der Waals surface area (Å²) in [6.07, 6.45) is 2.35. The predicted molar refractivity (Wildman–Crippen MR) is 137 cm³/mol. The first-order valence-electron chi connectivity index (χ1n) is 11.4. The maximum atomic E-state index is 13.3. The van der Waals surface area contributed by atoms with Crippen molar-refractivity contribution >= 4 is 39.1 Å². The number of anilines is 1. The molecule has 1 atom stereocenters. The van der Waals surface area contributed by atoms with Gasteiger partial charge >= 0.3 is 0 Å². The molecule has 2 aromatic carbocycles. The van der Waals surface area contributed by atoms with Gasteiger partial charge in [0.25, 0.3) is 0 Å². The first-order valence-corrected chi connectivity index (χ1v) is 13.6. The molecular formula is C25H34ClN3O4S. The Morgan fingerprint density at radius 3 is 2.32 bits per heavy atom. The number of sulfonamides is 1. The zero-order valence-corrected chi connectivity index (χ0v) is 21.8. The number of amides is 2. The molecule has 9 heteroatoms. The van der Waals surface area contributed by atoms with Crippen LogP contribution in [0.4, 0.5) is 5.69 Å². The van der Waals surface area contributed by atoms with Crippen LogP contribution in [-0.4, -0.2) is 50.5 Å². The van der Waals surface area contributed by atoms with E-state index in [0.717, 1.165) is 23.8 Å². The van der Waals surface area contributed by atoms with Crippen LogP contribution in [0.5, 0.6) is 0 Å². The number of hydrogen-bond acceptors (Lipinski definition) is 4. The summed E-state index contributed by atoms with van der Waals surface area (Å²) in [6, 6.07) is 13.6. The highest BCUT2D eigenvalue weighted by Crippen LogP contribution is 2.21. The van der Waals surface area contributed by atoms with Gasteiger partial charge in [0.1, 0.15) is 6.04 Å². The minimum absolute atomic E-state index is 0.108. The van der Waals surface area contributed by atoms with Gasteiger partial charge in [-0.25, -0.2) is 8.42 Å². The van der Waals surface area contributed by atoms with Crippen LogP contribution < -0.4 is 9.62 Å². The zero-order chi connectivity index (χ0) is 25.3. The summed E-state index contributed by atoms with van der Waals surface area (Å²) in [4.78, 5) is 27.5. The fourth-order valence-corrected chi connectivity index (χ4v) is 4.65. The zero-order valence-electron chi connectivity index (χ0n) is 20.3. The van der Waals surface area contributed by atoms with Gasteiger partial charge in [-0.05, 0) is 62.1 Å². The predicted octanol–water partition coefficient (Wildman–Crippen LogP) is 4.14. The van der Waals surface area contributed by atoms with Crippen LogP contribution in [0.1, 0.15) is 44.2 Å². The van der Waals surface area contributed by atoms with E-state index in [-0.39, 0.29) is 24.8 Å². The fraction of sp³-hybridized carbons (Fsp3) is 0.440. The van der Waals surface area contributed by atoms with Gasteiger partial charge in [-0.3, -0.25) is 13.9 Å². The molecule has 0 aliphatic rings. The topological polar surface area (TPSA) is 86.8 Å². The van der Waals surface area contributed by atoms with Gasteiger partial charge < -0.3 is 10.2 Å². The highest BCUT2D eigenvalue weighted by Gasteiger charge is 2.26. The van der Waals surface area contributed by atoms with Gasteiger partial charge in [0.05, 0.1) is 11.9 Å². The summed E-state index contributed by atoms with van der Waals surface area (Å²) in [7, 11) is -3.54. The first kappa shape index (κ1) is 27.7. The van der Waals surface area contributed by atoms with E-state index in [1.165, 1.54) is 4.31 Å². The van der Waals surface area contributed by atoms with E-state index in [2.05, 4.69) is 5.32 Å². The van der Waals surface area contributed by atoms with Crippen LogP contribution in [0.3, 0.4) is 0 Å². The fourth-order valence-electron chi connectivity index (χ4n) is 3.56. The minimum atomic E-state index is -3.54. The molecule has 2 rings (SSSR count). The number of aryl methyl sites for hydroxylation is 1. The van der Waals surface area contributed by atoms with Crippen molar-refractivity contribution < 1.29 is 18.0 Å². The van der Waals surface area contributed by atoms with E-state index in [1.54, 1.807) is 36.1 Å². The van der Waals surface area contributed by atoms with E-state index in [1.807, 2.05) is 38.1 Å². The quantitative estimate of drug-likeness (QED) is 0.467. The second-order valence-corrected chi connectivity index (χ2v) is 10.7. The number of carbonyl (C=O) groups excluding carboxylic acids is 2. The molecule has 186 valence electrons. The highest BCUT2D eigenvalue weighted by atomic mass is 35.5. The molecule has 0 aromatic heterocycles. The van der Waals surface area contributed by atoms with Crippen LogP contribution in [0.25, 0.3) is 0 Å². The van der Waals surface area contributed by atoms with E-state index < -0.39 is 16.1 Å². The molecule has 2 amide bonds. The van der Waals surface area contributed by atoms with Crippen LogP contribution in [0.2, 0.25) is 5.02 Å². The van der Waals surface area contributed by atoms with Gasteiger partial charge in [-0.2, -0.15) is 0 Å². The van der Waals surface area contributed by atoms with Crippen molar-refractivity contribution in [2.24, 2.45) is 0 Å². The smallest absolute Gasteiger partial charge is 0.242 e. The van der Waals surface area contributed by atoms with Crippen molar-refractivity contribution in [2.75, 3.05) is 23.7 Å². The summed E-state index contributed by atoms with van der Waals surface area (Å²) in [5.74, 6) is -0.408. The third-order valence-corrected chi connectivity index (χ3v) is 7.03. The molecule has 34 heavy (non-hydrogen) atoms. The van der Waals surface area contributed by atoms with Crippen molar-refractivity contribution in [3.05, 3.63) is 64.7 Å². The number of carbonyl (C=O) groups is 2. The summed E-state index contributed by atoms with van der Waals surface area (Å²) in [5, 5.41) is 3.37. The molecule has 0 fully saturated rings. The summed E-state index contributed by atoms with van der Waals surface area (Å²) in [6.45, 7) is 6.64. The molecule has 0 aliphatic heterocycles. The number of benzene rings is 2. The first-order chi connectivity index (χ1) is 16.0. The van der Waals surface area contributed by atoms with Crippen molar-refractivity contribution in [1.82, 2.24) is 10.2 Å². The molecule has 0 saturated carbocycles. The molecular weight excluding hydrogens is 474 g/mol. The Balaban J connectivity index is 2.15. The minimum Gasteiger partial charge on any atom is -0.354 e. The Bertz CT molecular complexity index is 1070. The lowest BCUT2D eigenvalue weighted by molar-refractivity contribution is -0.140. The Morgan fingerprint density at radius 1 is 1.09 bits per heavy atom. The number of nitrogens with one attached hydrogen (secondary N) is 1. The Morgan fingerprint density at radius 2 is 1.74 bits per heavy atom. The van der Waals surface area contributed by atoms with Crippen molar-refractivity contribution in [3.8, 4) is 0 Å². The maximum absolute atomic E-state index is 13.3. The largest absolute Gasteiger partial charge is 0.354 e. The van der Waals surface area contributed by atoms with E-state index in [0.29, 0.717) is 30.2 Å². The van der Waals surface area contributed by atoms with Crippen LogP contribution in [0, 0.1) is 6.92 Å². The molecule has 0 radical (unpaired) electrons. The molecule has 2 aromatic rings. The third-order valence-electron chi connectivity index (χ3n) is 5.59. The molecule has 0 spiro atoms. The monoisotopic (exact) mass is 507 g/mol. The number of halogens is 1. The SMILES string of the molecule is CCCNC(=O)C(C)N(Cc1ccccc1C)C(=O)CCCN(c1ccc(Cl)cc1)S(C)(=O)=O. The maximum Gasteiger partial charge on any atom is 0.242 e. The molecule has 0 heterocycles. The van der Waals surface area contributed by atoms with Crippen LogP contribution in [-0.2, 0) is 26.2 Å². The van der Waals surface area contributed by atoms with E-state index in [4.69, 9.17) is 11.6 Å². The number of nitrogens with zero attached hydrogens (tertiary/aromatic N) is 2. The average Bonchev–Trinajstić information content (AvgIpc) is 2.79. The van der Waals surface area contributed by atoms with Crippen molar-refractivity contribution in [2.45, 2.75) is 52.6 Å². The Kier molecular flexibility index (Phi) is 10.4. The normalized spacial score (nSPS) is 12.1. The van der Waals surface area contributed by atoms with E-state index >= 15 is 0 Å². The summed E-state index contributed by atoms with van der Waals surface area (Å²) >= 11 is 5.92. The van der Waals surface area contributed by atoms with Gasteiger partial charge in [0, 0.05) is 31.1 Å². The molecule has 1 unspecified atom stereocenters. The van der Waals surface area contributed by atoms with E-state index in [9.17, 15) is 18.0 Å². The highest BCUT2D eigenvalue weighted by molar-refractivity contribution is 7.92. The standard InChI is InChI=1S/C25H34ClN3O4S/c1-5-16-27-25(31)20(3)28(18-21-10-7-6-9-19(21)2)24(30)11-8-17-29(34(4,32)33)23-14-12-22(26)13-15-23/h6-7,9-10,12-15,20H,5,8,11,16-18H2,1-4H3,(H,27,31). The molecule has 7 nitrogen and oxygen atoms in total. The molecule has 0 aliphatic carbocycles. The van der Waals surface area contributed by atoms with Crippen LogP contribution >= 0.6 is 11.6 Å². The Hall–Kier alpha value is -2.58. The summed E-state index contributed by atoms with van der Waals surface area (Å²) < 4.78 is 26.0. The lowest BCUT2D eigenvalue weighted by atomic mass is 10.1. The van der Waals surface area contributed by atoms with Gasteiger partial charge in [-0.1, -0.05) is 42.8 Å². The number of hydrogen-bond donors (Lipinski definition) is 1. The van der Waals surface area contributed by atoms with Gasteiger partial charge in [0.2, 0.25) is 21.8 Å². The van der Waals surface area contributed by atoms with Crippen molar-refractivity contribution in [1.29, 1.82) is 0 Å². The number of rotatable bonds is 12. The molecule has 1 N–H and O–H groups in total.